The third kappa shape index (κ3) is 4.45. The summed E-state index contributed by atoms with van der Waals surface area (Å²) >= 11 is 0. The van der Waals surface area contributed by atoms with Gasteiger partial charge in [0.15, 0.2) is 0 Å². The molecule has 0 aromatic carbocycles. The highest BCUT2D eigenvalue weighted by Crippen LogP contribution is 2.10. The minimum atomic E-state index is 0.236. The number of aryl methyl sites for hydroxylation is 3. The minimum absolute atomic E-state index is 0.236. The van der Waals surface area contributed by atoms with Crippen LogP contribution in [0.15, 0.2) is 18.6 Å². The first-order valence-electron chi connectivity index (χ1n) is 9.01. The lowest BCUT2D eigenvalue weighted by atomic mass is 10.2. The second-order valence-electron chi connectivity index (χ2n) is 6.49. The second kappa shape index (κ2) is 8.24. The van der Waals surface area contributed by atoms with Crippen LogP contribution in [0.1, 0.15) is 31.3 Å². The molecule has 1 aliphatic rings. The van der Waals surface area contributed by atoms with Crippen LogP contribution in [-0.4, -0.2) is 66.4 Å². The summed E-state index contributed by atoms with van der Waals surface area (Å²) < 4.78 is 3.91. The molecule has 1 amide bonds. The number of hydrogen-bond acceptors (Lipinski definition) is 5. The Kier molecular flexibility index (Phi) is 5.80. The summed E-state index contributed by atoms with van der Waals surface area (Å²) in [5.41, 5.74) is 1.10. The third-order valence-corrected chi connectivity index (χ3v) is 4.86. The van der Waals surface area contributed by atoms with Gasteiger partial charge in [-0.05, 0) is 25.8 Å². The number of aromatic nitrogens is 5. The van der Waals surface area contributed by atoms with Crippen LogP contribution in [-0.2, 0) is 31.4 Å². The van der Waals surface area contributed by atoms with Crippen LogP contribution >= 0.6 is 0 Å². The SMILES string of the molecule is CCn1cnnc1CN1CCCN(C(=O)CCc2ccnn2C)CC1. The van der Waals surface area contributed by atoms with E-state index in [1.54, 1.807) is 12.5 Å². The lowest BCUT2D eigenvalue weighted by Crippen LogP contribution is -2.35. The van der Waals surface area contributed by atoms with Crippen molar-refractivity contribution in [3.8, 4) is 0 Å². The van der Waals surface area contributed by atoms with Crippen molar-refractivity contribution in [1.29, 1.82) is 0 Å². The Bertz CT molecular complexity index is 693. The molecule has 0 atom stereocenters. The third-order valence-electron chi connectivity index (χ3n) is 4.86. The number of hydrogen-bond donors (Lipinski definition) is 0. The highest BCUT2D eigenvalue weighted by Gasteiger charge is 2.20. The van der Waals surface area contributed by atoms with Crippen LogP contribution in [0.4, 0.5) is 0 Å². The van der Waals surface area contributed by atoms with E-state index >= 15 is 0 Å². The molecule has 0 bridgehead atoms. The molecule has 0 spiro atoms. The molecule has 0 radical (unpaired) electrons. The Morgan fingerprint density at radius 2 is 2.12 bits per heavy atom. The lowest BCUT2D eigenvalue weighted by Gasteiger charge is -2.22. The normalized spacial score (nSPS) is 16.2. The van der Waals surface area contributed by atoms with Gasteiger partial charge in [0, 0.05) is 58.1 Å². The maximum Gasteiger partial charge on any atom is 0.223 e. The zero-order valence-electron chi connectivity index (χ0n) is 15.1. The van der Waals surface area contributed by atoms with Crippen LogP contribution in [0.2, 0.25) is 0 Å². The Hall–Kier alpha value is -2.22. The van der Waals surface area contributed by atoms with E-state index < -0.39 is 0 Å². The van der Waals surface area contributed by atoms with Gasteiger partial charge in [-0.2, -0.15) is 5.10 Å². The lowest BCUT2D eigenvalue weighted by molar-refractivity contribution is -0.131. The molecule has 8 nitrogen and oxygen atoms in total. The standard InChI is InChI=1S/C17H27N7O/c1-3-23-14-18-20-16(23)13-22-9-4-10-24(12-11-22)17(25)6-5-15-7-8-19-21(15)2/h7-8,14H,3-6,9-13H2,1-2H3. The highest BCUT2D eigenvalue weighted by molar-refractivity contribution is 5.76. The molecule has 25 heavy (non-hydrogen) atoms. The molecule has 1 fully saturated rings. The summed E-state index contributed by atoms with van der Waals surface area (Å²) in [6.45, 7) is 7.26. The number of carbonyl (C=O) groups excluding carboxylic acids is 1. The van der Waals surface area contributed by atoms with Crippen LogP contribution < -0.4 is 0 Å². The van der Waals surface area contributed by atoms with Crippen molar-refractivity contribution < 1.29 is 4.79 Å². The fourth-order valence-corrected chi connectivity index (χ4v) is 3.28. The average Bonchev–Trinajstić information content (AvgIpc) is 3.16. The zero-order valence-corrected chi connectivity index (χ0v) is 15.1. The number of nitrogens with zero attached hydrogens (tertiary/aromatic N) is 7. The van der Waals surface area contributed by atoms with Gasteiger partial charge in [0.25, 0.3) is 0 Å². The molecule has 8 heteroatoms. The maximum absolute atomic E-state index is 12.5. The van der Waals surface area contributed by atoms with Gasteiger partial charge in [0.2, 0.25) is 5.91 Å². The molecule has 2 aromatic heterocycles. The predicted molar refractivity (Wildman–Crippen MR) is 93.7 cm³/mol. The summed E-state index contributed by atoms with van der Waals surface area (Å²) in [6.07, 6.45) is 5.84. The molecule has 0 unspecified atom stereocenters. The summed E-state index contributed by atoms with van der Waals surface area (Å²) in [6, 6.07) is 1.97. The molecule has 136 valence electrons. The van der Waals surface area contributed by atoms with Gasteiger partial charge in [-0.15, -0.1) is 10.2 Å². The molecular weight excluding hydrogens is 318 g/mol. The Balaban J connectivity index is 1.49. The van der Waals surface area contributed by atoms with Gasteiger partial charge in [0.1, 0.15) is 12.2 Å². The Morgan fingerprint density at radius 1 is 1.24 bits per heavy atom. The van der Waals surface area contributed by atoms with E-state index in [2.05, 4.69) is 31.7 Å². The molecular formula is C17H27N7O. The van der Waals surface area contributed by atoms with Crippen LogP contribution in [0, 0.1) is 0 Å². The average molecular weight is 345 g/mol. The van der Waals surface area contributed by atoms with Gasteiger partial charge in [-0.3, -0.25) is 14.4 Å². The second-order valence-corrected chi connectivity index (χ2v) is 6.49. The highest BCUT2D eigenvalue weighted by atomic mass is 16.2. The smallest absolute Gasteiger partial charge is 0.223 e. The quantitative estimate of drug-likeness (QED) is 0.771. The van der Waals surface area contributed by atoms with Crippen molar-refractivity contribution in [3.63, 3.8) is 0 Å². The maximum atomic E-state index is 12.5. The molecule has 1 aliphatic heterocycles. The molecule has 0 aliphatic carbocycles. The van der Waals surface area contributed by atoms with Crippen molar-refractivity contribution in [2.75, 3.05) is 26.2 Å². The van der Waals surface area contributed by atoms with E-state index in [1.807, 2.05) is 22.7 Å². The molecule has 2 aromatic rings. The van der Waals surface area contributed by atoms with E-state index in [1.165, 1.54) is 0 Å². The first kappa shape index (κ1) is 17.6. The van der Waals surface area contributed by atoms with E-state index in [-0.39, 0.29) is 5.91 Å². The Morgan fingerprint density at radius 3 is 2.88 bits per heavy atom. The molecule has 3 rings (SSSR count). The van der Waals surface area contributed by atoms with Gasteiger partial charge in [-0.1, -0.05) is 0 Å². The van der Waals surface area contributed by atoms with Crippen molar-refractivity contribution in [1.82, 2.24) is 34.3 Å². The van der Waals surface area contributed by atoms with Crippen LogP contribution in [0.3, 0.4) is 0 Å². The number of carbonyl (C=O) groups is 1. The first-order valence-corrected chi connectivity index (χ1v) is 9.01. The summed E-state index contributed by atoms with van der Waals surface area (Å²) in [4.78, 5) is 16.9. The fraction of sp³-hybridized carbons (Fsp3) is 0.647. The van der Waals surface area contributed by atoms with E-state index in [0.717, 1.165) is 63.6 Å². The van der Waals surface area contributed by atoms with Crippen molar-refractivity contribution in [3.05, 3.63) is 30.1 Å². The van der Waals surface area contributed by atoms with Gasteiger partial charge >= 0.3 is 0 Å². The largest absolute Gasteiger partial charge is 0.341 e. The summed E-state index contributed by atoms with van der Waals surface area (Å²) in [7, 11) is 1.92. The summed E-state index contributed by atoms with van der Waals surface area (Å²) in [5.74, 6) is 1.23. The van der Waals surface area contributed by atoms with E-state index in [4.69, 9.17) is 0 Å². The predicted octanol–water partition coefficient (Wildman–Crippen LogP) is 0.699. The summed E-state index contributed by atoms with van der Waals surface area (Å²) in [5, 5.41) is 12.4. The first-order chi connectivity index (χ1) is 12.2. The number of amides is 1. The van der Waals surface area contributed by atoms with Gasteiger partial charge < -0.3 is 9.47 Å². The van der Waals surface area contributed by atoms with Gasteiger partial charge in [-0.25, -0.2) is 0 Å². The van der Waals surface area contributed by atoms with E-state index in [9.17, 15) is 4.79 Å². The fourth-order valence-electron chi connectivity index (χ4n) is 3.28. The number of rotatable bonds is 6. The van der Waals surface area contributed by atoms with Crippen LogP contribution in [0.25, 0.3) is 0 Å². The molecule has 0 N–H and O–H groups in total. The van der Waals surface area contributed by atoms with Crippen LogP contribution in [0.5, 0.6) is 0 Å². The van der Waals surface area contributed by atoms with Crippen molar-refractivity contribution in [2.24, 2.45) is 7.05 Å². The topological polar surface area (TPSA) is 72.1 Å². The van der Waals surface area contributed by atoms with Gasteiger partial charge in [0.05, 0.1) is 6.54 Å². The monoisotopic (exact) mass is 345 g/mol. The van der Waals surface area contributed by atoms with Crippen molar-refractivity contribution in [2.45, 2.75) is 39.3 Å². The van der Waals surface area contributed by atoms with E-state index in [0.29, 0.717) is 6.42 Å². The molecule has 0 saturated carbocycles. The molecule has 3 heterocycles. The minimum Gasteiger partial charge on any atom is -0.341 e. The molecule has 1 saturated heterocycles. The zero-order chi connectivity index (χ0) is 17.6. The Labute approximate surface area is 148 Å². The van der Waals surface area contributed by atoms with Crippen molar-refractivity contribution >= 4 is 5.91 Å².